The molecule has 0 radical (unpaired) electrons. The van der Waals surface area contributed by atoms with Crippen LogP contribution >= 0.6 is 11.6 Å². The van der Waals surface area contributed by atoms with Crippen molar-refractivity contribution in [2.24, 2.45) is 0 Å². The summed E-state index contributed by atoms with van der Waals surface area (Å²) < 4.78 is 33.1. The lowest BCUT2D eigenvalue weighted by molar-refractivity contribution is 0.0516. The van der Waals surface area contributed by atoms with E-state index in [1.807, 2.05) is 7.05 Å². The molecule has 2 aromatic carbocycles. The van der Waals surface area contributed by atoms with E-state index >= 15 is 0 Å². The Balaban J connectivity index is 1.21. The van der Waals surface area contributed by atoms with E-state index in [9.17, 15) is 28.3 Å². The number of hydrogen-bond donors (Lipinski definition) is 4. The molecule has 1 saturated heterocycles. The van der Waals surface area contributed by atoms with Gasteiger partial charge >= 0.3 is 0 Å². The molecule has 224 valence electrons. The third-order valence-corrected chi connectivity index (χ3v) is 8.01. The van der Waals surface area contributed by atoms with E-state index in [2.05, 4.69) is 25.2 Å². The van der Waals surface area contributed by atoms with Gasteiger partial charge in [-0.1, -0.05) is 11.6 Å². The number of nitrogens with one attached hydrogen (secondary N) is 3. The number of nitrogens with zero attached hydrogens (tertiary/aromatic N) is 3. The Labute approximate surface area is 248 Å². The number of H-pyrrole nitrogens is 2. The van der Waals surface area contributed by atoms with Crippen molar-refractivity contribution in [2.75, 3.05) is 38.6 Å². The van der Waals surface area contributed by atoms with Gasteiger partial charge in [-0.25, -0.2) is 13.8 Å². The largest absolute Gasteiger partial charge is 0.485 e. The Morgan fingerprint density at radius 3 is 2.60 bits per heavy atom. The zero-order chi connectivity index (χ0) is 30.4. The molecule has 0 saturated carbocycles. The monoisotopic (exact) mass is 612 g/mol. The Kier molecular flexibility index (Phi) is 7.63. The van der Waals surface area contributed by atoms with Crippen molar-refractivity contribution in [1.29, 1.82) is 0 Å². The number of piperidine rings is 1. The fraction of sp³-hybridized carbons (Fsp3) is 0.310. The fourth-order valence-electron chi connectivity index (χ4n) is 5.43. The lowest BCUT2D eigenvalue weighted by Crippen LogP contribution is -2.46. The number of ether oxygens (including phenoxy) is 1. The average Bonchev–Trinajstić information content (AvgIpc) is 3.50. The minimum Gasteiger partial charge on any atom is -0.485 e. The quantitative estimate of drug-likeness (QED) is 0.175. The molecule has 2 amide bonds. The van der Waals surface area contributed by atoms with Crippen molar-refractivity contribution in [1.82, 2.24) is 24.8 Å². The molecular weight excluding hydrogens is 586 g/mol. The third-order valence-electron chi connectivity index (χ3n) is 7.72. The van der Waals surface area contributed by atoms with Crippen molar-refractivity contribution in [2.45, 2.75) is 25.0 Å². The smallest absolute Gasteiger partial charge is 0.261 e. The molecule has 0 bridgehead atoms. The van der Waals surface area contributed by atoms with Gasteiger partial charge in [0.15, 0.2) is 17.4 Å². The topological polar surface area (TPSA) is 144 Å². The fourth-order valence-corrected chi connectivity index (χ4v) is 5.58. The molecule has 4 aromatic rings. The number of halogens is 3. The van der Waals surface area contributed by atoms with Crippen molar-refractivity contribution >= 4 is 40.1 Å². The number of aliphatic hydroxyl groups is 1. The van der Waals surface area contributed by atoms with E-state index in [1.165, 1.54) is 11.1 Å². The number of likely N-dealkylation sites (tertiary alicyclic amines) is 1. The van der Waals surface area contributed by atoms with E-state index in [0.717, 1.165) is 25.2 Å². The molecule has 2 aromatic heterocycles. The van der Waals surface area contributed by atoms with Gasteiger partial charge in [0.2, 0.25) is 0 Å². The standard InChI is InChI=1S/C29H27ClF2N6O5/c1-37-8-5-14(6-9-37)38-28(41)16-10-21-22(11-17(16)29(38)42)36-26(35-21)23-20(4-7-33-27(23)40)34-12-15(39)13-43-25-19(31)3-2-18(30)24(25)32/h2-4,7,10-11,14-15,39H,5-6,8-9,12-13H2,1H3,(H,35,36)(H2,33,34,40). The van der Waals surface area contributed by atoms with Crippen LogP contribution in [0.2, 0.25) is 5.02 Å². The zero-order valence-electron chi connectivity index (χ0n) is 22.9. The van der Waals surface area contributed by atoms with Crippen LogP contribution in [0.1, 0.15) is 33.6 Å². The maximum Gasteiger partial charge on any atom is 0.261 e. The highest BCUT2D eigenvalue weighted by atomic mass is 35.5. The first kappa shape index (κ1) is 28.8. The lowest BCUT2D eigenvalue weighted by Gasteiger charge is -2.33. The predicted molar refractivity (Wildman–Crippen MR) is 155 cm³/mol. The molecule has 1 unspecified atom stereocenters. The first-order valence-corrected chi connectivity index (χ1v) is 14.0. The summed E-state index contributed by atoms with van der Waals surface area (Å²) in [5.74, 6) is -3.27. The first-order valence-electron chi connectivity index (χ1n) is 13.6. The highest BCUT2D eigenvalue weighted by molar-refractivity contribution is 6.30. The van der Waals surface area contributed by atoms with Gasteiger partial charge in [-0.15, -0.1) is 0 Å². The number of hydrogen-bond acceptors (Lipinski definition) is 8. The molecule has 11 nitrogen and oxygen atoms in total. The van der Waals surface area contributed by atoms with Gasteiger partial charge in [0.1, 0.15) is 24.1 Å². The second-order valence-corrected chi connectivity index (χ2v) is 11.0. The molecule has 0 spiro atoms. The molecule has 1 atom stereocenters. The molecule has 6 rings (SSSR count). The number of carbonyl (C=O) groups excluding carboxylic acids is 2. The van der Waals surface area contributed by atoms with Crippen LogP contribution in [0.15, 0.2) is 41.3 Å². The first-order chi connectivity index (χ1) is 20.6. The zero-order valence-corrected chi connectivity index (χ0v) is 23.7. The van der Waals surface area contributed by atoms with Crippen LogP contribution in [0.5, 0.6) is 5.75 Å². The molecule has 2 aliphatic heterocycles. The molecule has 4 N–H and O–H groups in total. The minimum atomic E-state index is -1.23. The second-order valence-electron chi connectivity index (χ2n) is 10.6. The van der Waals surface area contributed by atoms with Crippen molar-refractivity contribution < 1.29 is 28.2 Å². The van der Waals surface area contributed by atoms with Crippen LogP contribution in [0, 0.1) is 11.6 Å². The Bertz CT molecular complexity index is 1750. The number of pyridine rings is 1. The van der Waals surface area contributed by atoms with Crippen LogP contribution in [-0.2, 0) is 0 Å². The van der Waals surface area contributed by atoms with Crippen molar-refractivity contribution in [3.05, 3.63) is 74.7 Å². The molecular formula is C29H27ClF2N6O5. The predicted octanol–water partition coefficient (Wildman–Crippen LogP) is 3.39. The summed E-state index contributed by atoms with van der Waals surface area (Å²) in [5, 5.41) is 13.0. The number of anilines is 1. The van der Waals surface area contributed by atoms with E-state index in [4.69, 9.17) is 16.3 Å². The molecule has 1 fully saturated rings. The summed E-state index contributed by atoms with van der Waals surface area (Å²) in [7, 11) is 2.01. The van der Waals surface area contributed by atoms with Crippen LogP contribution < -0.4 is 15.6 Å². The van der Waals surface area contributed by atoms with Crippen molar-refractivity contribution in [3.8, 4) is 17.1 Å². The number of amides is 2. The van der Waals surface area contributed by atoms with Crippen LogP contribution in [0.25, 0.3) is 22.4 Å². The Morgan fingerprint density at radius 1 is 1.14 bits per heavy atom. The van der Waals surface area contributed by atoms with Gasteiger partial charge in [0.05, 0.1) is 32.9 Å². The van der Waals surface area contributed by atoms with Gasteiger partial charge in [0.25, 0.3) is 17.4 Å². The van der Waals surface area contributed by atoms with Gasteiger partial charge in [-0.3, -0.25) is 19.3 Å². The summed E-state index contributed by atoms with van der Waals surface area (Å²) in [4.78, 5) is 53.1. The van der Waals surface area contributed by atoms with Crippen LogP contribution in [0.3, 0.4) is 0 Å². The maximum absolute atomic E-state index is 14.1. The van der Waals surface area contributed by atoms with E-state index in [-0.39, 0.29) is 51.9 Å². The minimum absolute atomic E-state index is 0.115. The average molecular weight is 613 g/mol. The van der Waals surface area contributed by atoms with Crippen molar-refractivity contribution in [3.63, 3.8) is 0 Å². The highest BCUT2D eigenvalue weighted by Gasteiger charge is 2.41. The lowest BCUT2D eigenvalue weighted by atomic mass is 10.0. The summed E-state index contributed by atoms with van der Waals surface area (Å²) in [6, 6.07) is 6.53. The maximum atomic E-state index is 14.1. The number of carbonyl (C=O) groups is 2. The number of imide groups is 1. The molecule has 14 heteroatoms. The molecule has 2 aliphatic rings. The number of aromatic nitrogens is 3. The van der Waals surface area contributed by atoms with Gasteiger partial charge in [-0.2, -0.15) is 0 Å². The molecule has 0 aliphatic carbocycles. The number of benzene rings is 2. The Morgan fingerprint density at radius 2 is 1.86 bits per heavy atom. The highest BCUT2D eigenvalue weighted by Crippen LogP contribution is 2.33. The third kappa shape index (κ3) is 5.35. The van der Waals surface area contributed by atoms with Gasteiger partial charge in [-0.05, 0) is 63.3 Å². The summed E-state index contributed by atoms with van der Waals surface area (Å²) >= 11 is 5.67. The molecule has 4 heterocycles. The van der Waals surface area contributed by atoms with E-state index < -0.39 is 35.7 Å². The molecule has 43 heavy (non-hydrogen) atoms. The van der Waals surface area contributed by atoms with Crippen LogP contribution in [-0.4, -0.2) is 87.1 Å². The number of imidazole rings is 1. The number of aliphatic hydroxyl groups excluding tert-OH is 1. The second kappa shape index (κ2) is 11.4. The summed E-state index contributed by atoms with van der Waals surface area (Å²) in [6.07, 6.45) is 1.60. The number of rotatable bonds is 8. The Hall–Kier alpha value is -4.33. The van der Waals surface area contributed by atoms with Crippen LogP contribution in [0.4, 0.5) is 14.5 Å². The van der Waals surface area contributed by atoms with E-state index in [1.54, 1.807) is 18.2 Å². The van der Waals surface area contributed by atoms with E-state index in [0.29, 0.717) is 29.6 Å². The summed E-state index contributed by atoms with van der Waals surface area (Å²) in [6.45, 7) is 0.987. The van der Waals surface area contributed by atoms with Gasteiger partial charge < -0.3 is 30.0 Å². The summed E-state index contributed by atoms with van der Waals surface area (Å²) in [5.41, 5.74) is 1.33. The number of fused-ring (bicyclic) bond motifs is 2. The number of aromatic amines is 2. The van der Waals surface area contributed by atoms with Gasteiger partial charge in [0, 0.05) is 18.8 Å². The normalized spacial score (nSPS) is 16.6. The SMILES string of the molecule is CN1CCC(N2C(=O)c3cc4nc(-c5c(NCC(O)COc6c(F)ccc(Cl)c6F)cc[nH]c5=O)[nH]c4cc3C2=O)CC1.